The van der Waals surface area contributed by atoms with E-state index in [4.69, 9.17) is 28.2 Å². The lowest BCUT2D eigenvalue weighted by atomic mass is 9.91. The zero-order valence-electron chi connectivity index (χ0n) is 31.5. The van der Waals surface area contributed by atoms with Crippen molar-refractivity contribution in [3.8, 4) is 0 Å². The molecule has 0 unspecified atom stereocenters. The first kappa shape index (κ1) is 46.5. The van der Waals surface area contributed by atoms with E-state index in [0.29, 0.717) is 30.5 Å². The van der Waals surface area contributed by atoms with Gasteiger partial charge in [0.05, 0.1) is 29.5 Å². The van der Waals surface area contributed by atoms with Crippen LogP contribution in [0.5, 0.6) is 0 Å². The van der Waals surface area contributed by atoms with Gasteiger partial charge in [0.2, 0.25) is 0 Å². The lowest BCUT2D eigenvalue weighted by Crippen LogP contribution is -2.24. The quantitative estimate of drug-likeness (QED) is 0.206. The third-order valence-corrected chi connectivity index (χ3v) is 5.38. The summed E-state index contributed by atoms with van der Waals surface area (Å²) in [6, 6.07) is 0. The molecule has 0 aliphatic carbocycles. The fraction of sp³-hybridized carbons (Fsp3) is 0.735. The van der Waals surface area contributed by atoms with Gasteiger partial charge in [0, 0.05) is 13.5 Å². The van der Waals surface area contributed by atoms with Crippen molar-refractivity contribution in [3.63, 3.8) is 0 Å². The second kappa shape index (κ2) is 20.7. The van der Waals surface area contributed by atoms with Crippen LogP contribution in [0.4, 0.5) is 0 Å². The molecule has 278 valence electrons. The highest BCUT2D eigenvalue weighted by molar-refractivity contribution is 5.76. The van der Waals surface area contributed by atoms with Gasteiger partial charge in [-0.1, -0.05) is 20.8 Å². The molecule has 0 saturated heterocycles. The second-order valence-electron chi connectivity index (χ2n) is 14.9. The molecule has 2 heterocycles. The molecule has 2 rings (SSSR count). The SMILES string of the molecule is CC(C)(C)C(=O)OCCO.COCCOC(=O)C(C)(C)C.Cc1oc(=O)oc1CC(C)(C)C.Cc1oc(=O)oc1COC(=O)C(C)(C)C. The highest BCUT2D eigenvalue weighted by atomic mass is 16.6. The molecule has 0 bridgehead atoms. The predicted octanol–water partition coefficient (Wildman–Crippen LogP) is 5.55. The maximum absolute atomic E-state index is 11.4. The van der Waals surface area contributed by atoms with Crippen LogP contribution in [0.2, 0.25) is 0 Å². The second-order valence-corrected chi connectivity index (χ2v) is 14.9. The number of aliphatic hydroxyl groups excluding tert-OH is 1. The van der Waals surface area contributed by atoms with E-state index in [1.807, 2.05) is 20.8 Å². The van der Waals surface area contributed by atoms with Crippen molar-refractivity contribution in [2.45, 2.75) is 110 Å². The smallest absolute Gasteiger partial charge is 0.463 e. The van der Waals surface area contributed by atoms with Crippen LogP contribution in [0.3, 0.4) is 0 Å². The molecule has 0 aliphatic heterocycles. The van der Waals surface area contributed by atoms with E-state index < -0.39 is 27.9 Å². The van der Waals surface area contributed by atoms with Crippen LogP contribution in [0.1, 0.15) is 106 Å². The van der Waals surface area contributed by atoms with Gasteiger partial charge in [-0.15, -0.1) is 0 Å². The maximum Gasteiger partial charge on any atom is 0.519 e. The number of ether oxygens (including phenoxy) is 4. The van der Waals surface area contributed by atoms with Gasteiger partial charge in [-0.05, 0) is 81.6 Å². The Hall–Kier alpha value is -3.65. The van der Waals surface area contributed by atoms with Gasteiger partial charge in [-0.25, -0.2) is 9.59 Å². The van der Waals surface area contributed by atoms with E-state index in [-0.39, 0.29) is 48.9 Å². The molecule has 0 fully saturated rings. The molecule has 2 aromatic heterocycles. The van der Waals surface area contributed by atoms with Crippen molar-refractivity contribution in [3.05, 3.63) is 44.3 Å². The Morgan fingerprint density at radius 2 is 0.958 bits per heavy atom. The summed E-state index contributed by atoms with van der Waals surface area (Å²) in [5.41, 5.74) is -1.33. The molecule has 0 spiro atoms. The first-order valence-corrected chi connectivity index (χ1v) is 15.5. The third-order valence-electron chi connectivity index (χ3n) is 5.38. The average molecular weight is 691 g/mol. The van der Waals surface area contributed by atoms with Gasteiger partial charge in [0.1, 0.15) is 24.7 Å². The summed E-state index contributed by atoms with van der Waals surface area (Å²) in [7, 11) is 1.57. The van der Waals surface area contributed by atoms with Crippen LogP contribution < -0.4 is 11.6 Å². The van der Waals surface area contributed by atoms with Crippen LogP contribution in [0.15, 0.2) is 27.3 Å². The number of aliphatic hydroxyl groups is 1. The van der Waals surface area contributed by atoms with Crippen molar-refractivity contribution in [2.75, 3.05) is 33.5 Å². The molecule has 14 heteroatoms. The summed E-state index contributed by atoms with van der Waals surface area (Å²) in [6.07, 6.45) is 0.727. The number of carbonyl (C=O) groups excluding carboxylic acids is 3. The van der Waals surface area contributed by atoms with Crippen molar-refractivity contribution in [1.29, 1.82) is 0 Å². The predicted molar refractivity (Wildman–Crippen MR) is 176 cm³/mol. The highest BCUT2D eigenvalue weighted by Crippen LogP contribution is 2.22. The first-order chi connectivity index (χ1) is 21.6. The Bertz CT molecular complexity index is 1340. The minimum absolute atomic E-state index is 0.0757. The van der Waals surface area contributed by atoms with Gasteiger partial charge in [-0.2, -0.15) is 0 Å². The molecular weight excluding hydrogens is 632 g/mol. The zero-order valence-corrected chi connectivity index (χ0v) is 31.5. The fourth-order valence-corrected chi connectivity index (χ4v) is 2.66. The molecule has 1 N–H and O–H groups in total. The topological polar surface area (TPSA) is 195 Å². The Morgan fingerprint density at radius 1 is 0.583 bits per heavy atom. The molecular formula is C34H58O14. The van der Waals surface area contributed by atoms with Crippen LogP contribution in [0.25, 0.3) is 0 Å². The molecule has 0 radical (unpaired) electrons. The van der Waals surface area contributed by atoms with Gasteiger partial charge in [-0.3, -0.25) is 14.4 Å². The number of hydrogen-bond donors (Lipinski definition) is 1. The van der Waals surface area contributed by atoms with E-state index in [1.54, 1.807) is 62.5 Å². The Morgan fingerprint density at radius 3 is 1.27 bits per heavy atom. The Labute approximate surface area is 283 Å². The number of hydrogen-bond acceptors (Lipinski definition) is 14. The molecule has 0 aromatic carbocycles. The highest BCUT2D eigenvalue weighted by Gasteiger charge is 2.25. The lowest BCUT2D eigenvalue weighted by molar-refractivity contribution is -0.155. The van der Waals surface area contributed by atoms with Crippen LogP contribution in [-0.4, -0.2) is 56.6 Å². The number of aryl methyl sites for hydroxylation is 2. The molecule has 0 aliphatic rings. The van der Waals surface area contributed by atoms with E-state index >= 15 is 0 Å². The summed E-state index contributed by atoms with van der Waals surface area (Å²) in [6.45, 7) is 26.3. The number of carbonyl (C=O) groups is 3. The molecule has 2 aromatic rings. The molecule has 0 amide bonds. The van der Waals surface area contributed by atoms with Crippen LogP contribution >= 0.6 is 0 Å². The summed E-state index contributed by atoms with van der Waals surface area (Å²) in [5.74, 6) is -0.371. The van der Waals surface area contributed by atoms with Crippen molar-refractivity contribution in [1.82, 2.24) is 0 Å². The van der Waals surface area contributed by atoms with Crippen LogP contribution in [0, 0.1) is 35.5 Å². The number of rotatable bonds is 8. The van der Waals surface area contributed by atoms with Crippen LogP contribution in [-0.2, 0) is 46.4 Å². The summed E-state index contributed by atoms with van der Waals surface area (Å²) in [5, 5.41) is 8.30. The molecule has 48 heavy (non-hydrogen) atoms. The first-order valence-electron chi connectivity index (χ1n) is 15.5. The third kappa shape index (κ3) is 22.0. The monoisotopic (exact) mass is 690 g/mol. The Balaban J connectivity index is 0. The Kier molecular flexibility index (Phi) is 20.0. The lowest BCUT2D eigenvalue weighted by Gasteiger charge is -2.15. The van der Waals surface area contributed by atoms with E-state index in [0.717, 1.165) is 6.42 Å². The average Bonchev–Trinajstić information content (AvgIpc) is 3.41. The molecule has 14 nitrogen and oxygen atoms in total. The largest absolute Gasteiger partial charge is 0.519 e. The summed E-state index contributed by atoms with van der Waals surface area (Å²) < 4.78 is 38.1. The number of esters is 3. The normalized spacial score (nSPS) is 11.5. The van der Waals surface area contributed by atoms with E-state index in [1.165, 1.54) is 0 Å². The van der Waals surface area contributed by atoms with Gasteiger partial charge in [0.25, 0.3) is 0 Å². The summed E-state index contributed by atoms with van der Waals surface area (Å²) >= 11 is 0. The zero-order chi connectivity index (χ0) is 38.1. The molecule has 0 saturated carbocycles. The van der Waals surface area contributed by atoms with Crippen molar-refractivity contribution in [2.24, 2.45) is 21.7 Å². The van der Waals surface area contributed by atoms with E-state index in [9.17, 15) is 24.0 Å². The van der Waals surface area contributed by atoms with Gasteiger partial charge in [0.15, 0.2) is 18.1 Å². The minimum Gasteiger partial charge on any atom is -0.463 e. The molecule has 0 atom stereocenters. The van der Waals surface area contributed by atoms with E-state index in [2.05, 4.69) is 34.3 Å². The summed E-state index contributed by atoms with van der Waals surface area (Å²) in [4.78, 5) is 54.7. The number of methoxy groups -OCH3 is 1. The standard InChI is InChI=1S/C10H14O5.C9H14O3.C8H16O3.C7H14O3/c1-6-7(15-9(12)14-6)5-13-8(11)10(2,3)4;1-6-7(5-9(2,3)4)12-8(10)11-6;1-8(2,3)7(9)11-6-5-10-4;1-7(2,3)6(9)10-5-4-8/h5H2,1-4H3;5H2,1-4H3;5-6H2,1-4H3;8H,4-5H2,1-3H3. The fourth-order valence-electron chi connectivity index (χ4n) is 2.66. The van der Waals surface area contributed by atoms with Gasteiger partial charge < -0.3 is 41.7 Å². The minimum atomic E-state index is -0.783. The van der Waals surface area contributed by atoms with Crippen molar-refractivity contribution >= 4 is 17.9 Å². The van der Waals surface area contributed by atoms with Crippen molar-refractivity contribution < 1.29 is 56.1 Å². The van der Waals surface area contributed by atoms with Gasteiger partial charge >= 0.3 is 29.6 Å². The maximum atomic E-state index is 11.4.